The minimum absolute atomic E-state index is 0. The molecule has 0 aliphatic rings. The Labute approximate surface area is 89.8 Å². The molecule has 1 unspecified atom stereocenters. The zero-order chi connectivity index (χ0) is 8.15. The van der Waals surface area contributed by atoms with Crippen LogP contribution in [0.4, 0.5) is 0 Å². The van der Waals surface area contributed by atoms with Crippen molar-refractivity contribution in [1.82, 2.24) is 4.90 Å². The zero-order valence-electron chi connectivity index (χ0n) is 7.37. The van der Waals surface area contributed by atoms with Gasteiger partial charge in [0, 0.05) is 14.1 Å². The van der Waals surface area contributed by atoms with Crippen molar-refractivity contribution in [3.05, 3.63) is 0 Å². The standard InChI is InChI=1S/C6H15N3S.HI/c1-5(9(2)3)8-6(7)10-4;/h6H,7H2,1-4H3;1H. The van der Waals surface area contributed by atoms with Gasteiger partial charge in [-0.2, -0.15) is 0 Å². The highest BCUT2D eigenvalue weighted by Gasteiger charge is 1.97. The summed E-state index contributed by atoms with van der Waals surface area (Å²) >= 11 is 1.53. The summed E-state index contributed by atoms with van der Waals surface area (Å²) in [6, 6.07) is 0. The van der Waals surface area contributed by atoms with Gasteiger partial charge in [0.1, 0.15) is 5.50 Å². The molecule has 11 heavy (non-hydrogen) atoms. The zero-order valence-corrected chi connectivity index (χ0v) is 10.5. The van der Waals surface area contributed by atoms with Gasteiger partial charge in [0.2, 0.25) is 0 Å². The number of aliphatic imine (C=N–C) groups is 1. The number of halogens is 1. The fraction of sp³-hybridized carbons (Fsp3) is 0.833. The first-order chi connectivity index (χ1) is 4.57. The molecule has 0 aromatic rings. The summed E-state index contributed by atoms with van der Waals surface area (Å²) in [6.45, 7) is 1.94. The van der Waals surface area contributed by atoms with E-state index in [1.807, 2.05) is 32.2 Å². The normalized spacial score (nSPS) is 13.7. The summed E-state index contributed by atoms with van der Waals surface area (Å²) in [5.74, 6) is 0.960. The average molecular weight is 289 g/mol. The van der Waals surface area contributed by atoms with E-state index < -0.39 is 0 Å². The van der Waals surface area contributed by atoms with Crippen LogP contribution in [0.25, 0.3) is 0 Å². The van der Waals surface area contributed by atoms with Crippen LogP contribution in [0.3, 0.4) is 0 Å². The van der Waals surface area contributed by atoms with Crippen LogP contribution >= 0.6 is 35.7 Å². The summed E-state index contributed by atoms with van der Waals surface area (Å²) in [4.78, 5) is 6.12. The minimum Gasteiger partial charge on any atom is -0.367 e. The van der Waals surface area contributed by atoms with E-state index in [0.29, 0.717) is 0 Å². The fourth-order valence-corrected chi connectivity index (χ4v) is 0.610. The number of hydrogen-bond donors (Lipinski definition) is 1. The highest BCUT2D eigenvalue weighted by atomic mass is 127. The van der Waals surface area contributed by atoms with Crippen LogP contribution in [0.1, 0.15) is 6.92 Å². The maximum Gasteiger partial charge on any atom is 0.146 e. The molecule has 0 saturated carbocycles. The molecule has 0 saturated heterocycles. The van der Waals surface area contributed by atoms with E-state index >= 15 is 0 Å². The van der Waals surface area contributed by atoms with Gasteiger partial charge >= 0.3 is 0 Å². The molecule has 0 aliphatic carbocycles. The van der Waals surface area contributed by atoms with Gasteiger partial charge in [-0.15, -0.1) is 35.7 Å². The predicted octanol–water partition coefficient (Wildman–Crippen LogP) is 1.19. The molecule has 5 heteroatoms. The van der Waals surface area contributed by atoms with E-state index in [1.165, 1.54) is 11.8 Å². The van der Waals surface area contributed by atoms with Crippen molar-refractivity contribution in [1.29, 1.82) is 0 Å². The number of nitrogens with zero attached hydrogens (tertiary/aromatic N) is 2. The Morgan fingerprint density at radius 1 is 1.55 bits per heavy atom. The minimum atomic E-state index is -0.123. The summed E-state index contributed by atoms with van der Waals surface area (Å²) in [5, 5.41) is 0. The molecule has 0 aromatic heterocycles. The number of thioether (sulfide) groups is 1. The second-order valence-electron chi connectivity index (χ2n) is 2.20. The highest BCUT2D eigenvalue weighted by molar-refractivity contribution is 14.0. The van der Waals surface area contributed by atoms with E-state index in [4.69, 9.17) is 5.73 Å². The topological polar surface area (TPSA) is 41.6 Å². The molecule has 0 spiro atoms. The highest BCUT2D eigenvalue weighted by Crippen LogP contribution is 2.00. The molecular formula is C6H16IN3S. The van der Waals surface area contributed by atoms with Crippen molar-refractivity contribution >= 4 is 41.6 Å². The lowest BCUT2D eigenvalue weighted by atomic mass is 10.6. The molecule has 0 amide bonds. The van der Waals surface area contributed by atoms with Gasteiger partial charge in [0.05, 0.1) is 5.84 Å². The van der Waals surface area contributed by atoms with Crippen LogP contribution in [0.2, 0.25) is 0 Å². The first-order valence-electron chi connectivity index (χ1n) is 3.08. The van der Waals surface area contributed by atoms with Crippen LogP contribution in [-0.4, -0.2) is 36.6 Å². The second-order valence-corrected chi connectivity index (χ2v) is 3.15. The van der Waals surface area contributed by atoms with E-state index in [0.717, 1.165) is 5.84 Å². The number of hydrogen-bond acceptors (Lipinski definition) is 3. The first-order valence-corrected chi connectivity index (χ1v) is 4.37. The van der Waals surface area contributed by atoms with Gasteiger partial charge in [0.15, 0.2) is 0 Å². The van der Waals surface area contributed by atoms with Crippen LogP contribution in [0.5, 0.6) is 0 Å². The third-order valence-electron chi connectivity index (χ3n) is 1.20. The molecule has 0 aromatic carbocycles. The molecule has 2 N–H and O–H groups in total. The van der Waals surface area contributed by atoms with Gasteiger partial charge in [0.25, 0.3) is 0 Å². The number of rotatable bonds is 2. The van der Waals surface area contributed by atoms with Gasteiger partial charge in [-0.3, -0.25) is 0 Å². The lowest BCUT2D eigenvalue weighted by molar-refractivity contribution is 0.612. The Morgan fingerprint density at radius 2 is 2.00 bits per heavy atom. The molecule has 0 rings (SSSR count). The third-order valence-corrected chi connectivity index (χ3v) is 1.79. The van der Waals surface area contributed by atoms with E-state index in [1.54, 1.807) is 0 Å². The summed E-state index contributed by atoms with van der Waals surface area (Å²) in [5.41, 5.74) is 5.44. The molecule has 0 fully saturated rings. The molecule has 1 atom stereocenters. The van der Waals surface area contributed by atoms with Crippen LogP contribution < -0.4 is 5.73 Å². The van der Waals surface area contributed by atoms with Crippen LogP contribution in [0, 0.1) is 0 Å². The van der Waals surface area contributed by atoms with Crippen LogP contribution in [-0.2, 0) is 0 Å². The van der Waals surface area contributed by atoms with E-state index in [-0.39, 0.29) is 29.5 Å². The Bertz CT molecular complexity index is 127. The summed E-state index contributed by atoms with van der Waals surface area (Å²) in [7, 11) is 3.90. The van der Waals surface area contributed by atoms with Gasteiger partial charge < -0.3 is 10.6 Å². The summed E-state index contributed by atoms with van der Waals surface area (Å²) < 4.78 is 0. The lowest BCUT2D eigenvalue weighted by Gasteiger charge is -2.12. The Kier molecular flexibility index (Phi) is 9.17. The number of nitrogens with two attached hydrogens (primary N) is 1. The van der Waals surface area contributed by atoms with Crippen LogP contribution in [0.15, 0.2) is 4.99 Å². The van der Waals surface area contributed by atoms with Crippen molar-refractivity contribution in [2.45, 2.75) is 12.4 Å². The first kappa shape index (κ1) is 14.1. The maximum absolute atomic E-state index is 5.56. The van der Waals surface area contributed by atoms with Gasteiger partial charge in [-0.25, -0.2) is 4.99 Å². The van der Waals surface area contributed by atoms with E-state index in [2.05, 4.69) is 4.99 Å². The fourth-order valence-electron chi connectivity index (χ4n) is 0.352. The van der Waals surface area contributed by atoms with Gasteiger partial charge in [-0.05, 0) is 13.2 Å². The summed E-state index contributed by atoms with van der Waals surface area (Å²) in [6.07, 6.45) is 1.94. The molecule has 68 valence electrons. The monoisotopic (exact) mass is 289 g/mol. The van der Waals surface area contributed by atoms with E-state index in [9.17, 15) is 0 Å². The smallest absolute Gasteiger partial charge is 0.146 e. The average Bonchev–Trinajstić information content (AvgIpc) is 1.87. The maximum atomic E-state index is 5.56. The van der Waals surface area contributed by atoms with Gasteiger partial charge in [-0.1, -0.05) is 0 Å². The van der Waals surface area contributed by atoms with Crippen molar-refractivity contribution in [2.75, 3.05) is 20.4 Å². The molecule has 3 nitrogen and oxygen atoms in total. The molecule has 0 radical (unpaired) electrons. The molecular weight excluding hydrogens is 273 g/mol. The SMILES string of the molecule is CSC(N)N=C(C)N(C)C.I. The van der Waals surface area contributed by atoms with Crippen molar-refractivity contribution in [2.24, 2.45) is 10.7 Å². The quantitative estimate of drug-likeness (QED) is 0.359. The molecule has 0 aliphatic heterocycles. The van der Waals surface area contributed by atoms with Crippen molar-refractivity contribution in [3.63, 3.8) is 0 Å². The second kappa shape index (κ2) is 7.17. The number of amidine groups is 1. The Morgan fingerprint density at radius 3 is 2.27 bits per heavy atom. The Hall–Kier alpha value is 0.510. The third kappa shape index (κ3) is 6.89. The predicted molar refractivity (Wildman–Crippen MR) is 63.7 cm³/mol. The van der Waals surface area contributed by atoms with Crippen molar-refractivity contribution in [3.8, 4) is 0 Å². The lowest BCUT2D eigenvalue weighted by Crippen LogP contribution is -2.23. The van der Waals surface area contributed by atoms with Crippen molar-refractivity contribution < 1.29 is 0 Å². The molecule has 0 heterocycles. The Balaban J connectivity index is 0. The largest absolute Gasteiger partial charge is 0.367 e. The molecule has 0 bridgehead atoms.